The topological polar surface area (TPSA) is 115 Å². The van der Waals surface area contributed by atoms with Gasteiger partial charge in [0.15, 0.2) is 6.61 Å². The third-order valence-electron chi connectivity index (χ3n) is 1.42. The Bertz CT molecular complexity index is 363. The predicted octanol–water partition coefficient (Wildman–Crippen LogP) is -0.391. The second-order valence-corrected chi connectivity index (χ2v) is 2.58. The van der Waals surface area contributed by atoms with Crippen LogP contribution in [0.1, 0.15) is 10.4 Å². The number of carboxylic acids is 1. The van der Waals surface area contributed by atoms with Gasteiger partial charge in [0.2, 0.25) is 5.91 Å². The van der Waals surface area contributed by atoms with Crippen LogP contribution in [0.4, 0.5) is 5.82 Å². The lowest BCUT2D eigenvalue weighted by Crippen LogP contribution is -2.13. The fourth-order valence-electron chi connectivity index (χ4n) is 0.772. The Morgan fingerprint density at radius 2 is 2.27 bits per heavy atom. The molecule has 0 spiro atoms. The molecule has 15 heavy (non-hydrogen) atoms. The van der Waals surface area contributed by atoms with Gasteiger partial charge < -0.3 is 10.8 Å². The number of rotatable bonds is 5. The highest BCUT2D eigenvalue weighted by molar-refractivity contribution is 5.92. The molecule has 0 fully saturated rings. The number of anilines is 1. The van der Waals surface area contributed by atoms with E-state index < -0.39 is 18.5 Å². The molecule has 1 rings (SSSR count). The van der Waals surface area contributed by atoms with Gasteiger partial charge in [-0.15, -0.1) is 0 Å². The number of primary amides is 1. The van der Waals surface area contributed by atoms with Gasteiger partial charge in [0.25, 0.3) is 0 Å². The zero-order valence-corrected chi connectivity index (χ0v) is 7.64. The lowest BCUT2D eigenvalue weighted by Gasteiger charge is -2.03. The number of hydrogen-bond acceptors (Lipinski definition) is 5. The fourth-order valence-corrected chi connectivity index (χ4v) is 0.772. The van der Waals surface area contributed by atoms with Gasteiger partial charge in [-0.25, -0.2) is 15.3 Å². The number of nitrogens with zero attached hydrogens (tertiary/aromatic N) is 1. The Morgan fingerprint density at radius 3 is 2.73 bits per heavy atom. The van der Waals surface area contributed by atoms with E-state index in [1.54, 1.807) is 0 Å². The highest BCUT2D eigenvalue weighted by atomic mass is 16.7. The maximum atomic E-state index is 10.7. The molecule has 1 heterocycles. The van der Waals surface area contributed by atoms with Crippen LogP contribution in [0, 0.1) is 0 Å². The van der Waals surface area contributed by atoms with E-state index in [1.807, 2.05) is 0 Å². The molecule has 1 aromatic heterocycles. The van der Waals surface area contributed by atoms with Crippen LogP contribution in [-0.2, 0) is 9.63 Å². The van der Waals surface area contributed by atoms with E-state index in [9.17, 15) is 9.59 Å². The molecule has 0 aliphatic heterocycles. The minimum atomic E-state index is -1.10. The Morgan fingerprint density at radius 1 is 1.53 bits per heavy atom. The molecule has 0 aromatic carbocycles. The Labute approximate surface area is 84.8 Å². The van der Waals surface area contributed by atoms with E-state index in [0.717, 1.165) is 0 Å². The molecule has 0 saturated carbocycles. The minimum absolute atomic E-state index is 0.263. The number of aromatic nitrogens is 1. The first-order valence-corrected chi connectivity index (χ1v) is 3.95. The van der Waals surface area contributed by atoms with Crippen LogP contribution in [0.5, 0.6) is 0 Å². The summed E-state index contributed by atoms with van der Waals surface area (Å²) in [6.07, 6.45) is 1.26. The van der Waals surface area contributed by atoms with Crippen molar-refractivity contribution in [3.8, 4) is 0 Å². The number of aliphatic carboxylic acids is 1. The van der Waals surface area contributed by atoms with Gasteiger partial charge in [0, 0.05) is 6.20 Å². The number of carbonyl (C=O) groups excluding carboxylic acids is 1. The predicted molar refractivity (Wildman–Crippen MR) is 50.0 cm³/mol. The number of pyridine rings is 1. The molecule has 7 nitrogen and oxygen atoms in total. The van der Waals surface area contributed by atoms with Gasteiger partial charge in [-0.3, -0.25) is 9.63 Å². The van der Waals surface area contributed by atoms with Gasteiger partial charge in [-0.05, 0) is 12.1 Å². The molecule has 1 aromatic rings. The number of carbonyl (C=O) groups is 2. The minimum Gasteiger partial charge on any atom is -0.479 e. The van der Waals surface area contributed by atoms with E-state index in [0.29, 0.717) is 5.82 Å². The van der Waals surface area contributed by atoms with Crippen molar-refractivity contribution in [3.05, 3.63) is 23.9 Å². The van der Waals surface area contributed by atoms with E-state index >= 15 is 0 Å². The van der Waals surface area contributed by atoms with Crippen molar-refractivity contribution < 1.29 is 19.5 Å². The molecule has 0 radical (unpaired) electrons. The van der Waals surface area contributed by atoms with E-state index in [1.165, 1.54) is 18.3 Å². The second kappa shape index (κ2) is 4.91. The van der Waals surface area contributed by atoms with E-state index in [2.05, 4.69) is 15.3 Å². The molecule has 80 valence electrons. The molecule has 0 unspecified atom stereocenters. The van der Waals surface area contributed by atoms with Crippen LogP contribution in [0.3, 0.4) is 0 Å². The van der Waals surface area contributed by atoms with Gasteiger partial charge in [0.05, 0.1) is 5.56 Å². The van der Waals surface area contributed by atoms with Crippen molar-refractivity contribution in [2.45, 2.75) is 0 Å². The largest absolute Gasteiger partial charge is 0.479 e. The molecule has 0 bridgehead atoms. The molecule has 0 saturated heterocycles. The van der Waals surface area contributed by atoms with Gasteiger partial charge >= 0.3 is 5.97 Å². The van der Waals surface area contributed by atoms with Gasteiger partial charge in [-0.2, -0.15) is 0 Å². The van der Waals surface area contributed by atoms with Crippen molar-refractivity contribution in [1.82, 2.24) is 4.98 Å². The zero-order chi connectivity index (χ0) is 11.3. The summed E-state index contributed by atoms with van der Waals surface area (Å²) < 4.78 is 0. The van der Waals surface area contributed by atoms with Crippen LogP contribution in [0.2, 0.25) is 0 Å². The van der Waals surface area contributed by atoms with Crippen molar-refractivity contribution in [2.75, 3.05) is 12.1 Å². The maximum Gasteiger partial charge on any atom is 0.332 e. The number of hydrogen-bond donors (Lipinski definition) is 3. The van der Waals surface area contributed by atoms with Crippen LogP contribution in [0.25, 0.3) is 0 Å². The Kier molecular flexibility index (Phi) is 3.58. The molecule has 0 atom stereocenters. The summed E-state index contributed by atoms with van der Waals surface area (Å²) in [5.74, 6) is -1.39. The molecular formula is C8H9N3O4. The molecular weight excluding hydrogens is 202 g/mol. The van der Waals surface area contributed by atoms with E-state index in [4.69, 9.17) is 10.8 Å². The summed E-state index contributed by atoms with van der Waals surface area (Å²) in [7, 11) is 0. The normalized spacial score (nSPS) is 9.60. The smallest absolute Gasteiger partial charge is 0.332 e. The molecule has 1 amide bonds. The summed E-state index contributed by atoms with van der Waals surface area (Å²) in [5, 5.41) is 8.26. The van der Waals surface area contributed by atoms with Crippen LogP contribution in [0.15, 0.2) is 18.3 Å². The molecule has 0 aliphatic rings. The lowest BCUT2D eigenvalue weighted by molar-refractivity contribution is -0.141. The first-order chi connectivity index (χ1) is 7.09. The Hall–Kier alpha value is -2.15. The van der Waals surface area contributed by atoms with Crippen LogP contribution >= 0.6 is 0 Å². The standard InChI is InChI=1S/C8H9N3O4/c9-8(14)5-1-2-6(10-3-5)11-15-4-7(12)13/h1-3H,4H2,(H2,9,14)(H,10,11)(H,12,13). The third-order valence-corrected chi connectivity index (χ3v) is 1.42. The lowest BCUT2D eigenvalue weighted by atomic mass is 10.3. The average molecular weight is 211 g/mol. The number of amides is 1. The summed E-state index contributed by atoms with van der Waals surface area (Å²) in [5.41, 5.74) is 7.56. The highest BCUT2D eigenvalue weighted by Gasteiger charge is 2.01. The SMILES string of the molecule is NC(=O)c1ccc(NOCC(=O)O)nc1. The second-order valence-electron chi connectivity index (χ2n) is 2.58. The number of nitrogens with two attached hydrogens (primary N) is 1. The van der Waals surface area contributed by atoms with Crippen LogP contribution in [-0.4, -0.2) is 28.6 Å². The van der Waals surface area contributed by atoms with E-state index in [-0.39, 0.29) is 5.56 Å². The van der Waals surface area contributed by atoms with Crippen molar-refractivity contribution in [1.29, 1.82) is 0 Å². The molecule has 7 heteroatoms. The summed E-state index contributed by atoms with van der Waals surface area (Å²) >= 11 is 0. The fraction of sp³-hybridized carbons (Fsp3) is 0.125. The summed E-state index contributed by atoms with van der Waals surface area (Å²) in [6.45, 7) is -0.487. The number of carboxylic acid groups (broad SMARTS) is 1. The van der Waals surface area contributed by atoms with Crippen molar-refractivity contribution in [3.63, 3.8) is 0 Å². The highest BCUT2D eigenvalue weighted by Crippen LogP contribution is 2.03. The quantitative estimate of drug-likeness (QED) is 0.571. The molecule has 0 aliphatic carbocycles. The molecule has 4 N–H and O–H groups in total. The first-order valence-electron chi connectivity index (χ1n) is 3.95. The Balaban J connectivity index is 2.50. The van der Waals surface area contributed by atoms with Gasteiger partial charge in [0.1, 0.15) is 5.82 Å². The zero-order valence-electron chi connectivity index (χ0n) is 7.64. The van der Waals surface area contributed by atoms with Crippen LogP contribution < -0.4 is 11.2 Å². The monoisotopic (exact) mass is 211 g/mol. The van der Waals surface area contributed by atoms with Crippen molar-refractivity contribution >= 4 is 17.7 Å². The first kappa shape index (κ1) is 10.9. The number of nitrogens with one attached hydrogen (secondary N) is 1. The van der Waals surface area contributed by atoms with Crippen molar-refractivity contribution in [2.24, 2.45) is 5.73 Å². The summed E-state index contributed by atoms with van der Waals surface area (Å²) in [4.78, 5) is 29.1. The maximum absolute atomic E-state index is 10.7. The average Bonchev–Trinajstić information content (AvgIpc) is 2.18. The van der Waals surface area contributed by atoms with Gasteiger partial charge in [-0.1, -0.05) is 0 Å². The summed E-state index contributed by atoms with van der Waals surface area (Å²) in [6, 6.07) is 2.89. The third kappa shape index (κ3) is 3.61.